The molecule has 114 valence electrons. The van der Waals surface area contributed by atoms with Crippen molar-refractivity contribution in [1.29, 1.82) is 0 Å². The van der Waals surface area contributed by atoms with E-state index in [1.54, 1.807) is 0 Å². The van der Waals surface area contributed by atoms with Crippen LogP contribution in [0.5, 0.6) is 0 Å². The molecule has 0 spiro atoms. The van der Waals surface area contributed by atoms with Crippen molar-refractivity contribution in [1.82, 2.24) is 4.72 Å². The average Bonchev–Trinajstić information content (AvgIpc) is 2.14. The van der Waals surface area contributed by atoms with Crippen molar-refractivity contribution in [3.63, 3.8) is 0 Å². The molecule has 0 atom stereocenters. The van der Waals surface area contributed by atoms with Crippen molar-refractivity contribution in [3.8, 4) is 0 Å². The van der Waals surface area contributed by atoms with E-state index in [-0.39, 0.29) is 6.20 Å². The van der Waals surface area contributed by atoms with Gasteiger partial charge in [-0.3, -0.25) is 4.72 Å². The second-order valence-electron chi connectivity index (χ2n) is 2.99. The molecule has 0 fully saturated rings. The molecule has 1 N–H and O–H groups in total. The first-order valence-corrected chi connectivity index (χ1v) is 5.37. The lowest BCUT2D eigenvalue weighted by Crippen LogP contribution is -2.64. The van der Waals surface area contributed by atoms with Crippen LogP contribution < -0.4 is 4.72 Å². The summed E-state index contributed by atoms with van der Waals surface area (Å²) in [5, 5.41) is -6.73. The molecule has 0 bridgehead atoms. The Morgan fingerprint density at radius 1 is 0.842 bits per heavy atom. The van der Waals surface area contributed by atoms with Gasteiger partial charge in [0, 0.05) is 6.20 Å². The van der Waals surface area contributed by atoms with Crippen molar-refractivity contribution >= 4 is 10.0 Å². The summed E-state index contributed by atoms with van der Waals surface area (Å²) in [7, 11) is -6.54. The van der Waals surface area contributed by atoms with Crippen molar-refractivity contribution < 1.29 is 47.9 Å². The van der Waals surface area contributed by atoms with Gasteiger partial charge in [0.15, 0.2) is 0 Å². The molecule has 19 heavy (non-hydrogen) atoms. The summed E-state index contributed by atoms with van der Waals surface area (Å²) in [5.41, 5.74) is 0. The van der Waals surface area contributed by atoms with Crippen molar-refractivity contribution in [2.24, 2.45) is 0 Å². The second kappa shape index (κ2) is 4.45. The summed E-state index contributed by atoms with van der Waals surface area (Å²) >= 11 is 0. The Morgan fingerprint density at radius 2 is 1.21 bits per heavy atom. The van der Waals surface area contributed by atoms with Crippen LogP contribution in [0.4, 0.5) is 39.5 Å². The summed E-state index contributed by atoms with van der Waals surface area (Å²) in [6.07, 6.45) is -7.19. The first kappa shape index (κ1) is 17.9. The normalized spacial score (nSPS) is 15.2. The van der Waals surface area contributed by atoms with Gasteiger partial charge in [-0.05, 0) is 0 Å². The molecule has 0 aliphatic rings. The van der Waals surface area contributed by atoms with Crippen molar-refractivity contribution in [2.75, 3.05) is 0 Å². The van der Waals surface area contributed by atoms with E-state index in [9.17, 15) is 47.9 Å². The maximum Gasteiger partial charge on any atom is 0.460 e. The Balaban J connectivity index is 5.99. The number of hydrogen-bond donors (Lipinski definition) is 1. The fourth-order valence-electron chi connectivity index (χ4n) is 0.713. The molecule has 0 aromatic carbocycles. The lowest BCUT2D eigenvalue weighted by molar-refractivity contribution is -0.382. The van der Waals surface area contributed by atoms with Gasteiger partial charge in [-0.2, -0.15) is 47.9 Å². The minimum absolute atomic E-state index is 0.106. The third-order valence-electron chi connectivity index (χ3n) is 1.69. The van der Waals surface area contributed by atoms with E-state index in [2.05, 4.69) is 6.58 Å². The van der Waals surface area contributed by atoms with Crippen LogP contribution in [0.25, 0.3) is 0 Å². The number of halogens is 9. The molecule has 0 aromatic rings. The molecule has 0 radical (unpaired) electrons. The van der Waals surface area contributed by atoms with E-state index < -0.39 is 33.3 Å². The Bertz CT molecular complexity index is 452. The van der Waals surface area contributed by atoms with Crippen LogP contribution in [0.3, 0.4) is 0 Å². The number of nitrogens with one attached hydrogen (secondary N) is 1. The van der Waals surface area contributed by atoms with Crippen LogP contribution in [0.1, 0.15) is 0 Å². The summed E-state index contributed by atoms with van der Waals surface area (Å²) < 4.78 is 132. The highest BCUT2D eigenvalue weighted by Crippen LogP contribution is 2.54. The predicted molar refractivity (Wildman–Crippen MR) is 43.1 cm³/mol. The molecule has 0 aromatic heterocycles. The first-order valence-electron chi connectivity index (χ1n) is 3.89. The van der Waals surface area contributed by atoms with Gasteiger partial charge in [-0.15, -0.1) is 0 Å². The molecule has 0 aliphatic carbocycles. The molecule has 0 rings (SSSR count). The van der Waals surface area contributed by atoms with Gasteiger partial charge >= 0.3 is 33.3 Å². The highest BCUT2D eigenvalue weighted by atomic mass is 32.2. The lowest BCUT2D eigenvalue weighted by atomic mass is 10.1. The molecule has 0 saturated heterocycles. The van der Waals surface area contributed by atoms with Crippen LogP contribution in [0.2, 0.25) is 0 Å². The third kappa shape index (κ3) is 2.47. The van der Waals surface area contributed by atoms with Gasteiger partial charge in [0.2, 0.25) is 0 Å². The second-order valence-corrected chi connectivity index (χ2v) is 4.74. The highest BCUT2D eigenvalue weighted by Gasteiger charge is 2.85. The highest BCUT2D eigenvalue weighted by molar-refractivity contribution is 7.90. The SMILES string of the molecule is C=CNS(=O)(=O)C(F)(F)C(F)(F)C(F)(F)C(F)(F)F. The van der Waals surface area contributed by atoms with Gasteiger partial charge in [0.1, 0.15) is 0 Å². The topological polar surface area (TPSA) is 46.2 Å². The van der Waals surface area contributed by atoms with E-state index in [1.165, 1.54) is 0 Å². The quantitative estimate of drug-likeness (QED) is 0.790. The predicted octanol–water partition coefficient (Wildman–Crippen LogP) is 2.48. The molecule has 0 heterocycles. The average molecular weight is 325 g/mol. The molecule has 3 nitrogen and oxygen atoms in total. The standard InChI is InChI=1S/C6H4F9NO2S/c1-2-16-19(17,18)6(14,15)4(9,10)3(7,8)5(11,12)13/h2,16H,1H2. The van der Waals surface area contributed by atoms with Crippen LogP contribution in [0, 0.1) is 0 Å². The van der Waals surface area contributed by atoms with Crippen molar-refractivity contribution in [3.05, 3.63) is 12.8 Å². The number of hydrogen-bond acceptors (Lipinski definition) is 2. The zero-order valence-electron chi connectivity index (χ0n) is 8.41. The number of sulfonamides is 1. The summed E-state index contributed by atoms with van der Waals surface area (Å²) in [5.74, 6) is -14.5. The Hall–Kier alpha value is -1.14. The van der Waals surface area contributed by atoms with Gasteiger partial charge in [-0.1, -0.05) is 6.58 Å². The minimum Gasteiger partial charge on any atom is -0.286 e. The molecule has 0 saturated carbocycles. The largest absolute Gasteiger partial charge is 0.460 e. The molecular weight excluding hydrogens is 321 g/mol. The zero-order chi connectivity index (χ0) is 15.9. The Labute approximate surface area is 99.7 Å². The molecule has 0 unspecified atom stereocenters. The Kier molecular flexibility index (Phi) is 4.19. The lowest BCUT2D eigenvalue weighted by Gasteiger charge is -2.32. The fourth-order valence-corrected chi connectivity index (χ4v) is 1.55. The van der Waals surface area contributed by atoms with Crippen LogP contribution in [-0.2, 0) is 10.0 Å². The van der Waals surface area contributed by atoms with Gasteiger partial charge in [0.25, 0.3) is 0 Å². The maximum absolute atomic E-state index is 12.8. The summed E-state index contributed by atoms with van der Waals surface area (Å²) in [4.78, 5) is 0. The molecule has 0 aliphatic heterocycles. The monoisotopic (exact) mass is 325 g/mol. The molecule has 13 heteroatoms. The van der Waals surface area contributed by atoms with E-state index in [4.69, 9.17) is 0 Å². The first-order chi connectivity index (χ1) is 8.06. The summed E-state index contributed by atoms with van der Waals surface area (Å²) in [6, 6.07) is 0. The van der Waals surface area contributed by atoms with Gasteiger partial charge < -0.3 is 0 Å². The number of alkyl halides is 9. The van der Waals surface area contributed by atoms with Gasteiger partial charge in [0.05, 0.1) is 0 Å². The van der Waals surface area contributed by atoms with E-state index in [0.717, 1.165) is 0 Å². The van der Waals surface area contributed by atoms with Crippen molar-refractivity contribution in [2.45, 2.75) is 23.3 Å². The van der Waals surface area contributed by atoms with E-state index in [0.29, 0.717) is 4.72 Å². The van der Waals surface area contributed by atoms with E-state index in [1.807, 2.05) is 0 Å². The number of rotatable bonds is 5. The molecule has 0 amide bonds. The third-order valence-corrected chi connectivity index (χ3v) is 3.10. The van der Waals surface area contributed by atoms with Crippen LogP contribution in [-0.4, -0.2) is 31.7 Å². The fraction of sp³-hybridized carbons (Fsp3) is 0.667. The van der Waals surface area contributed by atoms with Crippen LogP contribution >= 0.6 is 0 Å². The minimum atomic E-state index is -7.26. The smallest absolute Gasteiger partial charge is 0.286 e. The maximum atomic E-state index is 12.8. The van der Waals surface area contributed by atoms with E-state index >= 15 is 0 Å². The molecular formula is C6H4F9NO2S. The summed E-state index contributed by atoms with van der Waals surface area (Å²) in [6.45, 7) is 2.47. The van der Waals surface area contributed by atoms with Crippen LogP contribution in [0.15, 0.2) is 12.8 Å². The zero-order valence-corrected chi connectivity index (χ0v) is 9.23. The Morgan fingerprint density at radius 3 is 1.47 bits per heavy atom. The van der Waals surface area contributed by atoms with Gasteiger partial charge in [-0.25, -0.2) is 0 Å².